The number of hydrogen-bond acceptors (Lipinski definition) is 1. The van der Waals surface area contributed by atoms with Crippen LogP contribution in [-0.2, 0) is 11.2 Å². The Morgan fingerprint density at radius 3 is 2.44 bits per heavy atom. The van der Waals surface area contributed by atoms with Gasteiger partial charge in [-0.1, -0.05) is 6.08 Å². The lowest BCUT2D eigenvalue weighted by Crippen LogP contribution is -1.95. The van der Waals surface area contributed by atoms with Gasteiger partial charge in [-0.25, -0.2) is 8.78 Å². The average Bonchev–Trinajstić information content (AvgIpc) is 2.16. The quantitative estimate of drug-likeness (QED) is 0.700. The lowest BCUT2D eigenvalue weighted by molar-refractivity contribution is -0.114. The van der Waals surface area contributed by atoms with Gasteiger partial charge in [0.15, 0.2) is 5.78 Å². The molecular formula is C13H14F2O. The van der Waals surface area contributed by atoms with Gasteiger partial charge in [-0.05, 0) is 43.5 Å². The topological polar surface area (TPSA) is 17.1 Å². The van der Waals surface area contributed by atoms with Crippen LogP contribution < -0.4 is 0 Å². The highest BCUT2D eigenvalue weighted by molar-refractivity contribution is 5.89. The van der Waals surface area contributed by atoms with Crippen LogP contribution in [0, 0.1) is 11.6 Å². The molecule has 0 N–H and O–H groups in total. The molecule has 0 aliphatic carbocycles. The molecule has 1 aromatic carbocycles. The van der Waals surface area contributed by atoms with Gasteiger partial charge in [0.2, 0.25) is 0 Å². The lowest BCUT2D eigenvalue weighted by Gasteiger charge is -2.01. The molecule has 0 aromatic heterocycles. The van der Waals surface area contributed by atoms with Crippen molar-refractivity contribution in [3.63, 3.8) is 0 Å². The van der Waals surface area contributed by atoms with Crippen molar-refractivity contribution in [2.45, 2.75) is 26.2 Å². The molecule has 0 aliphatic rings. The van der Waals surface area contributed by atoms with E-state index in [1.807, 2.05) is 0 Å². The van der Waals surface area contributed by atoms with Gasteiger partial charge in [-0.2, -0.15) is 0 Å². The van der Waals surface area contributed by atoms with E-state index >= 15 is 0 Å². The first-order chi connectivity index (χ1) is 7.61. The predicted molar refractivity (Wildman–Crippen MR) is 59.1 cm³/mol. The summed E-state index contributed by atoms with van der Waals surface area (Å²) in [7, 11) is 0. The minimum Gasteiger partial charge on any atom is -0.295 e. The second kappa shape index (κ2) is 6.16. The van der Waals surface area contributed by atoms with Crippen LogP contribution in [0.1, 0.15) is 25.3 Å². The maximum atomic E-state index is 12.8. The molecule has 0 saturated heterocycles. The number of benzene rings is 1. The van der Waals surface area contributed by atoms with E-state index in [9.17, 15) is 13.6 Å². The Balaban J connectivity index is 2.46. The standard InChI is InChI=1S/C13H14F2O/c1-2-4-13(16)6-3-5-10-7-11(14)9-12(15)8-10/h2,4,7-9H,3,5-6H2,1H3. The van der Waals surface area contributed by atoms with E-state index in [0.29, 0.717) is 24.8 Å². The van der Waals surface area contributed by atoms with Gasteiger partial charge in [0.1, 0.15) is 11.6 Å². The third-order valence-corrected chi connectivity index (χ3v) is 2.16. The minimum absolute atomic E-state index is 0.0411. The largest absolute Gasteiger partial charge is 0.295 e. The molecule has 0 spiro atoms. The summed E-state index contributed by atoms with van der Waals surface area (Å²) in [6.45, 7) is 1.78. The van der Waals surface area contributed by atoms with Crippen molar-refractivity contribution >= 4 is 5.78 Å². The van der Waals surface area contributed by atoms with Crippen molar-refractivity contribution in [1.29, 1.82) is 0 Å². The van der Waals surface area contributed by atoms with Crippen LogP contribution in [0.4, 0.5) is 8.78 Å². The number of allylic oxidation sites excluding steroid dienone is 2. The van der Waals surface area contributed by atoms with Gasteiger partial charge in [0.05, 0.1) is 0 Å². The first-order valence-electron chi connectivity index (χ1n) is 5.22. The Bertz CT molecular complexity index is 377. The predicted octanol–water partition coefficient (Wildman–Crippen LogP) is 3.43. The van der Waals surface area contributed by atoms with Gasteiger partial charge >= 0.3 is 0 Å². The molecule has 0 radical (unpaired) electrons. The van der Waals surface area contributed by atoms with Crippen molar-refractivity contribution in [3.8, 4) is 0 Å². The van der Waals surface area contributed by atoms with Crippen LogP contribution in [0.3, 0.4) is 0 Å². The van der Waals surface area contributed by atoms with Crippen molar-refractivity contribution in [1.82, 2.24) is 0 Å². The van der Waals surface area contributed by atoms with Gasteiger partial charge in [-0.15, -0.1) is 0 Å². The Morgan fingerprint density at radius 2 is 1.88 bits per heavy atom. The molecule has 1 aromatic rings. The van der Waals surface area contributed by atoms with E-state index < -0.39 is 11.6 Å². The Kier molecular flexibility index (Phi) is 4.83. The van der Waals surface area contributed by atoms with E-state index in [1.54, 1.807) is 13.0 Å². The van der Waals surface area contributed by atoms with Crippen LogP contribution in [0.2, 0.25) is 0 Å². The maximum absolute atomic E-state index is 12.8. The lowest BCUT2D eigenvalue weighted by atomic mass is 10.1. The van der Waals surface area contributed by atoms with E-state index in [0.717, 1.165) is 6.07 Å². The number of ketones is 1. The third-order valence-electron chi connectivity index (χ3n) is 2.16. The first kappa shape index (κ1) is 12.6. The zero-order chi connectivity index (χ0) is 12.0. The Morgan fingerprint density at radius 1 is 1.25 bits per heavy atom. The van der Waals surface area contributed by atoms with E-state index in [-0.39, 0.29) is 5.78 Å². The summed E-state index contributed by atoms with van der Waals surface area (Å²) in [5, 5.41) is 0. The molecule has 16 heavy (non-hydrogen) atoms. The summed E-state index contributed by atoms with van der Waals surface area (Å²) in [4.78, 5) is 11.1. The average molecular weight is 224 g/mol. The number of rotatable bonds is 5. The van der Waals surface area contributed by atoms with Crippen LogP contribution >= 0.6 is 0 Å². The fraction of sp³-hybridized carbons (Fsp3) is 0.308. The van der Waals surface area contributed by atoms with Crippen LogP contribution in [-0.4, -0.2) is 5.78 Å². The molecule has 0 atom stereocenters. The molecule has 0 aliphatic heterocycles. The van der Waals surface area contributed by atoms with Crippen molar-refractivity contribution < 1.29 is 13.6 Å². The zero-order valence-electron chi connectivity index (χ0n) is 9.17. The molecule has 0 bridgehead atoms. The first-order valence-corrected chi connectivity index (χ1v) is 5.22. The van der Waals surface area contributed by atoms with Crippen LogP contribution in [0.25, 0.3) is 0 Å². The van der Waals surface area contributed by atoms with Gasteiger partial charge in [0, 0.05) is 12.5 Å². The molecule has 86 valence electrons. The van der Waals surface area contributed by atoms with E-state index in [2.05, 4.69) is 0 Å². The smallest absolute Gasteiger partial charge is 0.155 e. The molecule has 3 heteroatoms. The third kappa shape index (κ3) is 4.34. The number of aryl methyl sites for hydroxylation is 1. The summed E-state index contributed by atoms with van der Waals surface area (Å²) >= 11 is 0. The summed E-state index contributed by atoms with van der Waals surface area (Å²) in [5.74, 6) is -1.11. The highest BCUT2D eigenvalue weighted by Crippen LogP contribution is 2.11. The second-order valence-corrected chi connectivity index (χ2v) is 3.60. The molecule has 0 amide bonds. The summed E-state index contributed by atoms with van der Waals surface area (Å²) in [6, 6.07) is 3.43. The molecule has 0 unspecified atom stereocenters. The Labute approximate surface area is 93.8 Å². The summed E-state index contributed by atoms with van der Waals surface area (Å²) in [6.07, 6.45) is 4.71. The van der Waals surface area contributed by atoms with E-state index in [4.69, 9.17) is 0 Å². The number of carbonyl (C=O) groups is 1. The van der Waals surface area contributed by atoms with Gasteiger partial charge in [0.25, 0.3) is 0 Å². The zero-order valence-corrected chi connectivity index (χ0v) is 9.17. The molecule has 1 nitrogen and oxygen atoms in total. The van der Waals surface area contributed by atoms with Gasteiger partial charge < -0.3 is 0 Å². The fourth-order valence-electron chi connectivity index (χ4n) is 1.49. The maximum Gasteiger partial charge on any atom is 0.155 e. The van der Waals surface area contributed by atoms with Crippen LogP contribution in [0.15, 0.2) is 30.4 Å². The molecule has 1 rings (SSSR count). The van der Waals surface area contributed by atoms with Gasteiger partial charge in [-0.3, -0.25) is 4.79 Å². The molecule has 0 fully saturated rings. The van der Waals surface area contributed by atoms with Crippen molar-refractivity contribution in [3.05, 3.63) is 47.5 Å². The number of halogens is 2. The fourth-order valence-corrected chi connectivity index (χ4v) is 1.49. The number of hydrogen-bond donors (Lipinski definition) is 0. The Hall–Kier alpha value is -1.51. The highest BCUT2D eigenvalue weighted by atomic mass is 19.1. The second-order valence-electron chi connectivity index (χ2n) is 3.60. The van der Waals surface area contributed by atoms with Crippen molar-refractivity contribution in [2.24, 2.45) is 0 Å². The summed E-state index contributed by atoms with van der Waals surface area (Å²) in [5.41, 5.74) is 0.589. The normalized spacial score (nSPS) is 10.9. The van der Waals surface area contributed by atoms with E-state index in [1.165, 1.54) is 18.2 Å². The molecular weight excluding hydrogens is 210 g/mol. The summed E-state index contributed by atoms with van der Waals surface area (Å²) < 4.78 is 25.6. The minimum atomic E-state index is -0.574. The van der Waals surface area contributed by atoms with Crippen LogP contribution in [0.5, 0.6) is 0 Å². The SMILES string of the molecule is CC=CC(=O)CCCc1cc(F)cc(F)c1. The molecule has 0 saturated carbocycles. The molecule has 0 heterocycles. The monoisotopic (exact) mass is 224 g/mol. The van der Waals surface area contributed by atoms with Crippen molar-refractivity contribution in [2.75, 3.05) is 0 Å². The highest BCUT2D eigenvalue weighted by Gasteiger charge is 2.02. The number of carbonyl (C=O) groups excluding carboxylic acids is 1.